The van der Waals surface area contributed by atoms with Gasteiger partial charge in [-0.1, -0.05) is 13.8 Å². The van der Waals surface area contributed by atoms with Crippen LogP contribution >= 0.6 is 11.8 Å². The highest BCUT2D eigenvalue weighted by atomic mass is 32.2. The summed E-state index contributed by atoms with van der Waals surface area (Å²) in [6, 6.07) is 10.6. The minimum atomic E-state index is 0.448. The molecule has 0 unspecified atom stereocenters. The maximum atomic E-state index is 5.84. The lowest BCUT2D eigenvalue weighted by molar-refractivity contribution is 0.264. The number of benzene rings is 1. The summed E-state index contributed by atoms with van der Waals surface area (Å²) in [5, 5.41) is 3.37. The van der Waals surface area contributed by atoms with Crippen molar-refractivity contribution in [2.75, 3.05) is 6.26 Å². The first kappa shape index (κ1) is 16.0. The predicted octanol–water partition coefficient (Wildman–Crippen LogP) is 4.39. The average molecular weight is 305 g/mol. The largest absolute Gasteiger partial charge is 0.486 e. The van der Waals surface area contributed by atoms with Gasteiger partial charge in [-0.2, -0.15) is 0 Å². The molecule has 1 aromatic carbocycles. The van der Waals surface area contributed by atoms with Gasteiger partial charge in [0.1, 0.15) is 23.9 Å². The van der Waals surface area contributed by atoms with Crippen molar-refractivity contribution in [3.05, 3.63) is 47.4 Å². The zero-order chi connectivity index (χ0) is 15.2. The van der Waals surface area contributed by atoms with Gasteiger partial charge in [-0.05, 0) is 49.1 Å². The van der Waals surface area contributed by atoms with Crippen molar-refractivity contribution in [1.29, 1.82) is 0 Å². The van der Waals surface area contributed by atoms with E-state index in [1.54, 1.807) is 11.8 Å². The molecule has 21 heavy (non-hydrogen) atoms. The Morgan fingerprint density at radius 3 is 2.57 bits per heavy atom. The van der Waals surface area contributed by atoms with Gasteiger partial charge in [-0.3, -0.25) is 0 Å². The number of aryl methyl sites for hydroxylation is 1. The highest BCUT2D eigenvalue weighted by Crippen LogP contribution is 2.21. The van der Waals surface area contributed by atoms with Crippen LogP contribution in [-0.4, -0.2) is 12.3 Å². The van der Waals surface area contributed by atoms with Crippen molar-refractivity contribution in [3.8, 4) is 5.75 Å². The molecule has 3 nitrogen and oxygen atoms in total. The van der Waals surface area contributed by atoms with Crippen molar-refractivity contribution in [2.24, 2.45) is 0 Å². The highest BCUT2D eigenvalue weighted by molar-refractivity contribution is 7.98. The van der Waals surface area contributed by atoms with E-state index in [1.165, 1.54) is 10.5 Å². The van der Waals surface area contributed by atoms with Gasteiger partial charge in [0.05, 0.1) is 6.54 Å². The lowest BCUT2D eigenvalue weighted by atomic mass is 10.2. The smallest absolute Gasteiger partial charge is 0.146 e. The minimum Gasteiger partial charge on any atom is -0.486 e. The van der Waals surface area contributed by atoms with Crippen molar-refractivity contribution >= 4 is 11.8 Å². The summed E-state index contributed by atoms with van der Waals surface area (Å²) < 4.78 is 11.6. The van der Waals surface area contributed by atoms with E-state index in [0.29, 0.717) is 12.6 Å². The second-order valence-corrected chi connectivity index (χ2v) is 6.20. The van der Waals surface area contributed by atoms with Gasteiger partial charge >= 0.3 is 0 Å². The monoisotopic (exact) mass is 305 g/mol. The Bertz CT molecular complexity index is 561. The molecule has 1 aromatic heterocycles. The fourth-order valence-electron chi connectivity index (χ4n) is 1.96. The molecule has 0 aliphatic carbocycles. The number of hydrogen-bond donors (Lipinski definition) is 1. The molecule has 4 heteroatoms. The van der Waals surface area contributed by atoms with E-state index in [2.05, 4.69) is 44.5 Å². The number of thioether (sulfide) groups is 1. The van der Waals surface area contributed by atoms with Crippen LogP contribution in [0.25, 0.3) is 0 Å². The van der Waals surface area contributed by atoms with E-state index in [-0.39, 0.29) is 0 Å². The molecule has 0 aliphatic heterocycles. The topological polar surface area (TPSA) is 34.4 Å². The second-order valence-electron chi connectivity index (χ2n) is 5.32. The van der Waals surface area contributed by atoms with Crippen LogP contribution in [0.1, 0.15) is 30.9 Å². The standard InChI is InChI=1S/C17H23NO2S/c1-12(2)18-10-17-13(3)9-15(20-17)11-19-14-5-7-16(21-4)8-6-14/h5-9,12,18H,10-11H2,1-4H3. The number of nitrogens with one attached hydrogen (secondary N) is 1. The number of furan rings is 1. The SMILES string of the molecule is CSc1ccc(OCc2cc(C)c(CNC(C)C)o2)cc1. The van der Waals surface area contributed by atoms with Crippen LogP contribution in [0.15, 0.2) is 39.6 Å². The molecular weight excluding hydrogens is 282 g/mol. The molecule has 114 valence electrons. The van der Waals surface area contributed by atoms with Crippen LogP contribution in [0.4, 0.5) is 0 Å². The Hall–Kier alpha value is -1.39. The molecule has 1 N–H and O–H groups in total. The van der Waals surface area contributed by atoms with Crippen molar-refractivity contribution in [3.63, 3.8) is 0 Å². The quantitative estimate of drug-likeness (QED) is 0.770. The third-order valence-electron chi connectivity index (χ3n) is 3.18. The third kappa shape index (κ3) is 4.83. The van der Waals surface area contributed by atoms with Gasteiger partial charge in [0.15, 0.2) is 0 Å². The summed E-state index contributed by atoms with van der Waals surface area (Å²) in [7, 11) is 0. The molecule has 2 rings (SSSR count). The minimum absolute atomic E-state index is 0.448. The maximum absolute atomic E-state index is 5.84. The molecule has 0 aliphatic rings. The van der Waals surface area contributed by atoms with Crippen LogP contribution in [-0.2, 0) is 13.2 Å². The lowest BCUT2D eigenvalue weighted by Gasteiger charge is -2.06. The van der Waals surface area contributed by atoms with Gasteiger partial charge in [0, 0.05) is 10.9 Å². The molecule has 1 heterocycles. The molecule has 0 saturated carbocycles. The molecule has 0 radical (unpaired) electrons. The second kappa shape index (κ2) is 7.57. The summed E-state index contributed by atoms with van der Waals surface area (Å²) in [6.07, 6.45) is 2.06. The van der Waals surface area contributed by atoms with Crippen molar-refractivity contribution < 1.29 is 9.15 Å². The summed E-state index contributed by atoms with van der Waals surface area (Å²) in [5.41, 5.74) is 1.17. The average Bonchev–Trinajstić information content (AvgIpc) is 2.84. The van der Waals surface area contributed by atoms with Crippen LogP contribution < -0.4 is 10.1 Å². The van der Waals surface area contributed by atoms with Crippen LogP contribution in [0.5, 0.6) is 5.75 Å². The maximum Gasteiger partial charge on any atom is 0.146 e. The highest BCUT2D eigenvalue weighted by Gasteiger charge is 2.08. The molecule has 0 amide bonds. The Balaban J connectivity index is 1.92. The first-order valence-electron chi connectivity index (χ1n) is 7.17. The first-order valence-corrected chi connectivity index (χ1v) is 8.39. The van der Waals surface area contributed by atoms with Crippen LogP contribution in [0.3, 0.4) is 0 Å². The molecule has 0 saturated heterocycles. The summed E-state index contributed by atoms with van der Waals surface area (Å²) in [4.78, 5) is 1.23. The van der Waals surface area contributed by atoms with Gasteiger partial charge in [0.25, 0.3) is 0 Å². The van der Waals surface area contributed by atoms with E-state index in [0.717, 1.165) is 23.8 Å². The molecule has 0 bridgehead atoms. The lowest BCUT2D eigenvalue weighted by Crippen LogP contribution is -2.21. The van der Waals surface area contributed by atoms with Crippen LogP contribution in [0.2, 0.25) is 0 Å². The summed E-state index contributed by atoms with van der Waals surface area (Å²) in [5.74, 6) is 2.71. The molecule has 2 aromatic rings. The summed E-state index contributed by atoms with van der Waals surface area (Å²) >= 11 is 1.72. The Morgan fingerprint density at radius 2 is 1.95 bits per heavy atom. The fourth-order valence-corrected chi connectivity index (χ4v) is 2.37. The van der Waals surface area contributed by atoms with E-state index in [9.17, 15) is 0 Å². The third-order valence-corrected chi connectivity index (χ3v) is 3.93. The van der Waals surface area contributed by atoms with Gasteiger partial charge in [0.2, 0.25) is 0 Å². The summed E-state index contributed by atoms with van der Waals surface area (Å²) in [6.45, 7) is 7.53. The van der Waals surface area contributed by atoms with E-state index in [1.807, 2.05) is 18.2 Å². The molecule has 0 atom stereocenters. The number of hydrogen-bond acceptors (Lipinski definition) is 4. The van der Waals surface area contributed by atoms with Crippen LogP contribution in [0, 0.1) is 6.92 Å². The van der Waals surface area contributed by atoms with E-state index < -0.39 is 0 Å². The normalized spacial score (nSPS) is 11.1. The predicted molar refractivity (Wildman–Crippen MR) is 88.0 cm³/mol. The molecule has 0 spiro atoms. The fraction of sp³-hybridized carbons (Fsp3) is 0.412. The van der Waals surface area contributed by atoms with Gasteiger partial charge in [-0.25, -0.2) is 0 Å². The molecular formula is C17H23NO2S. The van der Waals surface area contributed by atoms with E-state index >= 15 is 0 Å². The van der Waals surface area contributed by atoms with Gasteiger partial charge in [-0.15, -0.1) is 11.8 Å². The number of ether oxygens (including phenoxy) is 1. The first-order chi connectivity index (χ1) is 10.1. The van der Waals surface area contributed by atoms with Gasteiger partial charge < -0.3 is 14.5 Å². The Labute approximate surface area is 131 Å². The Morgan fingerprint density at radius 1 is 1.24 bits per heavy atom. The zero-order valence-electron chi connectivity index (χ0n) is 13.1. The van der Waals surface area contributed by atoms with Crippen molar-refractivity contribution in [1.82, 2.24) is 5.32 Å². The molecule has 0 fully saturated rings. The van der Waals surface area contributed by atoms with E-state index in [4.69, 9.17) is 9.15 Å². The number of rotatable bonds is 7. The zero-order valence-corrected chi connectivity index (χ0v) is 13.9. The Kier molecular flexibility index (Phi) is 5.76. The van der Waals surface area contributed by atoms with Crippen molar-refractivity contribution in [2.45, 2.75) is 44.9 Å².